The molecule has 7 nitrogen and oxygen atoms in total. The molecule has 0 unspecified atom stereocenters. The van der Waals surface area contributed by atoms with Crippen molar-refractivity contribution < 1.29 is 22.7 Å². The fraction of sp³-hybridized carbons (Fsp3) is 0.296. The number of sulfonamides is 1. The Morgan fingerprint density at radius 2 is 1.69 bits per heavy atom. The Morgan fingerprint density at radius 3 is 2.40 bits per heavy atom. The summed E-state index contributed by atoms with van der Waals surface area (Å²) in [5, 5.41) is 0. The molecular weight excluding hydrogens is 464 g/mol. The highest BCUT2D eigenvalue weighted by Crippen LogP contribution is 2.29. The minimum atomic E-state index is -3.82. The first kappa shape index (κ1) is 24.6. The summed E-state index contributed by atoms with van der Waals surface area (Å²) >= 11 is 0. The van der Waals surface area contributed by atoms with Crippen molar-refractivity contribution in [3.8, 4) is 11.5 Å². The number of piperidine rings is 1. The zero-order valence-corrected chi connectivity index (χ0v) is 20.8. The van der Waals surface area contributed by atoms with E-state index in [4.69, 9.17) is 9.47 Å². The van der Waals surface area contributed by atoms with Gasteiger partial charge in [0.2, 0.25) is 0 Å². The van der Waals surface area contributed by atoms with Crippen molar-refractivity contribution in [2.45, 2.75) is 37.7 Å². The maximum atomic E-state index is 13.1. The third kappa shape index (κ3) is 6.14. The zero-order chi connectivity index (χ0) is 24.8. The Bertz CT molecular complexity index is 1280. The summed E-state index contributed by atoms with van der Waals surface area (Å²) in [7, 11) is -3.82. The highest BCUT2D eigenvalue weighted by molar-refractivity contribution is 7.92. The van der Waals surface area contributed by atoms with Crippen LogP contribution < -0.4 is 14.2 Å². The topological polar surface area (TPSA) is 84.9 Å². The van der Waals surface area contributed by atoms with Crippen LogP contribution in [0.15, 0.2) is 77.7 Å². The average molecular weight is 495 g/mol. The smallest absolute Gasteiger partial charge is 0.261 e. The van der Waals surface area contributed by atoms with Crippen molar-refractivity contribution in [2.75, 3.05) is 24.4 Å². The maximum Gasteiger partial charge on any atom is 0.261 e. The molecule has 8 heteroatoms. The van der Waals surface area contributed by atoms with Crippen LogP contribution in [0.2, 0.25) is 0 Å². The lowest BCUT2D eigenvalue weighted by molar-refractivity contribution is 0.0589. The summed E-state index contributed by atoms with van der Waals surface area (Å²) in [5.74, 6) is 1.23. The van der Waals surface area contributed by atoms with Crippen molar-refractivity contribution in [3.63, 3.8) is 0 Å². The normalized spacial score (nSPS) is 14.4. The number of benzene rings is 3. The van der Waals surface area contributed by atoms with Crippen molar-refractivity contribution in [1.29, 1.82) is 0 Å². The molecule has 0 aromatic heterocycles. The van der Waals surface area contributed by atoms with Crippen LogP contribution in [0.4, 0.5) is 5.69 Å². The number of ether oxygens (including phenoxy) is 2. The van der Waals surface area contributed by atoms with Gasteiger partial charge in [-0.05, 0) is 61.9 Å². The van der Waals surface area contributed by atoms with Gasteiger partial charge in [-0.1, -0.05) is 30.3 Å². The lowest BCUT2D eigenvalue weighted by Gasteiger charge is -2.32. The third-order valence-corrected chi connectivity index (χ3v) is 7.21. The molecule has 0 spiro atoms. The molecule has 35 heavy (non-hydrogen) atoms. The van der Waals surface area contributed by atoms with Crippen LogP contribution in [-0.2, 0) is 10.0 Å². The summed E-state index contributed by atoms with van der Waals surface area (Å²) in [4.78, 5) is 14.9. The van der Waals surface area contributed by atoms with Crippen LogP contribution in [-0.4, -0.2) is 45.0 Å². The Morgan fingerprint density at radius 1 is 0.971 bits per heavy atom. The first-order valence-electron chi connectivity index (χ1n) is 11.7. The Kier molecular flexibility index (Phi) is 7.60. The number of carbonyl (C=O) groups is 1. The van der Waals surface area contributed by atoms with E-state index in [-0.39, 0.29) is 16.9 Å². The molecule has 1 N–H and O–H groups in total. The highest BCUT2D eigenvalue weighted by atomic mass is 32.2. The summed E-state index contributed by atoms with van der Waals surface area (Å²) in [6.07, 6.45) is 1.34. The molecule has 3 aromatic rings. The van der Waals surface area contributed by atoms with E-state index in [0.29, 0.717) is 55.3 Å². The molecule has 0 bridgehead atoms. The standard InChI is InChI=1S/C27H30N2O5S/c1-3-33-25-12-4-5-13-26(25)34-23-14-16-29(17-15-23)27(30)21-9-7-11-24(19-21)35(31,32)28-22-10-6-8-20(2)18-22/h4-13,18-19,23,28H,3,14-17H2,1-2H3. The second-order valence-corrected chi connectivity index (χ2v) is 10.2. The molecular formula is C27H30N2O5S. The van der Waals surface area contributed by atoms with E-state index in [1.165, 1.54) is 12.1 Å². The van der Waals surface area contributed by atoms with Crippen molar-refractivity contribution in [3.05, 3.63) is 83.9 Å². The van der Waals surface area contributed by atoms with Crippen LogP contribution >= 0.6 is 0 Å². The number of carbonyl (C=O) groups excluding carboxylic acids is 1. The summed E-state index contributed by atoms with van der Waals surface area (Å²) in [6.45, 7) is 5.43. The average Bonchev–Trinajstić information content (AvgIpc) is 2.85. The van der Waals surface area contributed by atoms with Gasteiger partial charge < -0.3 is 14.4 Å². The predicted molar refractivity (Wildman–Crippen MR) is 136 cm³/mol. The van der Waals surface area contributed by atoms with Crippen LogP contribution in [0.3, 0.4) is 0 Å². The molecule has 1 saturated heterocycles. The molecule has 1 heterocycles. The van der Waals surface area contributed by atoms with E-state index >= 15 is 0 Å². The van der Waals surface area contributed by atoms with Crippen LogP contribution in [0, 0.1) is 6.92 Å². The third-order valence-electron chi connectivity index (χ3n) is 5.83. The molecule has 1 amide bonds. The number of rotatable bonds is 8. The molecule has 3 aromatic carbocycles. The molecule has 1 aliphatic heterocycles. The molecule has 0 saturated carbocycles. The molecule has 184 valence electrons. The molecule has 1 aliphatic rings. The number of likely N-dealkylation sites (tertiary alicyclic amines) is 1. The van der Waals surface area contributed by atoms with Gasteiger partial charge in [0.05, 0.1) is 11.5 Å². The van der Waals surface area contributed by atoms with Crippen molar-refractivity contribution in [2.24, 2.45) is 0 Å². The van der Waals surface area contributed by atoms with E-state index in [2.05, 4.69) is 4.72 Å². The Labute approximate surface area is 206 Å². The number of hydrogen-bond donors (Lipinski definition) is 1. The van der Waals surface area contributed by atoms with Crippen LogP contribution in [0.1, 0.15) is 35.7 Å². The maximum absolute atomic E-state index is 13.1. The van der Waals surface area contributed by atoms with Gasteiger partial charge in [-0.3, -0.25) is 9.52 Å². The van der Waals surface area contributed by atoms with Crippen molar-refractivity contribution >= 4 is 21.6 Å². The van der Waals surface area contributed by atoms with E-state index in [1.807, 2.05) is 44.2 Å². The fourth-order valence-corrected chi connectivity index (χ4v) is 5.18. The van der Waals surface area contributed by atoms with E-state index in [1.54, 1.807) is 35.2 Å². The van der Waals surface area contributed by atoms with Gasteiger partial charge in [0.15, 0.2) is 11.5 Å². The lowest BCUT2D eigenvalue weighted by Crippen LogP contribution is -2.41. The second kappa shape index (κ2) is 10.8. The minimum absolute atomic E-state index is 0.0223. The van der Waals surface area contributed by atoms with Gasteiger partial charge in [0.1, 0.15) is 6.10 Å². The molecule has 0 radical (unpaired) electrons. The number of nitrogens with zero attached hydrogens (tertiary/aromatic N) is 1. The monoisotopic (exact) mass is 494 g/mol. The SMILES string of the molecule is CCOc1ccccc1OC1CCN(C(=O)c2cccc(S(=O)(=O)Nc3cccc(C)c3)c2)CC1. The van der Waals surface area contributed by atoms with Crippen molar-refractivity contribution in [1.82, 2.24) is 4.90 Å². The first-order valence-corrected chi connectivity index (χ1v) is 13.2. The summed E-state index contributed by atoms with van der Waals surface area (Å²) in [6, 6.07) is 20.9. The van der Waals surface area contributed by atoms with Crippen LogP contribution in [0.25, 0.3) is 0 Å². The number of hydrogen-bond acceptors (Lipinski definition) is 5. The van der Waals surface area contributed by atoms with Crippen LogP contribution in [0.5, 0.6) is 11.5 Å². The summed E-state index contributed by atoms with van der Waals surface area (Å²) in [5.41, 5.74) is 1.77. The highest BCUT2D eigenvalue weighted by Gasteiger charge is 2.26. The Balaban J connectivity index is 1.40. The second-order valence-electron chi connectivity index (χ2n) is 8.49. The quantitative estimate of drug-likeness (QED) is 0.483. The number of anilines is 1. The number of nitrogens with one attached hydrogen (secondary N) is 1. The minimum Gasteiger partial charge on any atom is -0.490 e. The first-order chi connectivity index (χ1) is 16.9. The van der Waals surface area contributed by atoms with E-state index < -0.39 is 10.0 Å². The number of amides is 1. The van der Waals surface area contributed by atoms with E-state index in [0.717, 1.165) is 5.56 Å². The lowest BCUT2D eigenvalue weighted by atomic mass is 10.1. The van der Waals surface area contributed by atoms with E-state index in [9.17, 15) is 13.2 Å². The number of aryl methyl sites for hydroxylation is 1. The largest absolute Gasteiger partial charge is 0.490 e. The van der Waals surface area contributed by atoms with Gasteiger partial charge in [-0.15, -0.1) is 0 Å². The van der Waals surface area contributed by atoms with Gasteiger partial charge >= 0.3 is 0 Å². The Hall–Kier alpha value is -3.52. The van der Waals surface area contributed by atoms with Gasteiger partial charge in [-0.25, -0.2) is 8.42 Å². The van der Waals surface area contributed by atoms with Gasteiger partial charge in [-0.2, -0.15) is 0 Å². The number of para-hydroxylation sites is 2. The summed E-state index contributed by atoms with van der Waals surface area (Å²) < 4.78 is 40.2. The zero-order valence-electron chi connectivity index (χ0n) is 19.9. The van der Waals surface area contributed by atoms with Gasteiger partial charge in [0.25, 0.3) is 15.9 Å². The molecule has 1 fully saturated rings. The predicted octanol–water partition coefficient (Wildman–Crippen LogP) is 4.88. The molecule has 4 rings (SSSR count). The fourth-order valence-electron chi connectivity index (χ4n) is 4.08. The molecule has 0 aliphatic carbocycles. The van der Waals surface area contributed by atoms with Gasteiger partial charge in [0, 0.05) is 37.2 Å². The molecule has 0 atom stereocenters.